The van der Waals surface area contributed by atoms with Gasteiger partial charge in [-0.15, -0.1) is 11.3 Å². The van der Waals surface area contributed by atoms with Crippen molar-refractivity contribution in [2.45, 2.75) is 18.5 Å². The third kappa shape index (κ3) is 5.03. The summed E-state index contributed by atoms with van der Waals surface area (Å²) in [5.74, 6) is -2.65. The van der Waals surface area contributed by atoms with Crippen LogP contribution in [0.2, 0.25) is 0 Å². The third-order valence-electron chi connectivity index (χ3n) is 5.50. The number of ether oxygens (including phenoxy) is 2. The number of esters is 1. The molecule has 0 radical (unpaired) electrons. The SMILES string of the molecule is COC(=O)c1csc(NC(=O)[C@H](Cc2ccccc2)N2C(=O)NC(c3ccc(OC)cc3F)C2=O)n1. The van der Waals surface area contributed by atoms with Crippen molar-refractivity contribution < 1.29 is 33.0 Å². The van der Waals surface area contributed by atoms with E-state index in [1.807, 2.05) is 0 Å². The third-order valence-corrected chi connectivity index (χ3v) is 6.26. The predicted molar refractivity (Wildman–Crippen MR) is 127 cm³/mol. The first-order valence-corrected chi connectivity index (χ1v) is 11.6. The second-order valence-corrected chi connectivity index (χ2v) is 8.56. The van der Waals surface area contributed by atoms with E-state index in [0.29, 0.717) is 5.56 Å². The normalized spacial score (nSPS) is 15.9. The van der Waals surface area contributed by atoms with Gasteiger partial charge in [-0.25, -0.2) is 23.9 Å². The second kappa shape index (κ2) is 10.5. The molecule has 1 unspecified atom stereocenters. The molecule has 2 aromatic carbocycles. The molecular weight excluding hydrogens is 491 g/mol. The average Bonchev–Trinajstić information content (AvgIpc) is 3.46. The maximum absolute atomic E-state index is 14.7. The fourth-order valence-electron chi connectivity index (χ4n) is 3.73. The number of methoxy groups -OCH3 is 2. The number of halogens is 1. The van der Waals surface area contributed by atoms with Crippen molar-refractivity contribution in [3.63, 3.8) is 0 Å². The van der Waals surface area contributed by atoms with Crippen molar-refractivity contribution in [1.29, 1.82) is 0 Å². The Morgan fingerprint density at radius 1 is 1.19 bits per heavy atom. The predicted octanol–water partition coefficient (Wildman–Crippen LogP) is 2.92. The van der Waals surface area contributed by atoms with Crippen LogP contribution in [0.15, 0.2) is 53.9 Å². The number of thiazole rings is 1. The molecular formula is C24H21FN4O6S. The first-order chi connectivity index (χ1) is 17.3. The number of urea groups is 1. The number of carbonyl (C=O) groups excluding carboxylic acids is 4. The van der Waals surface area contributed by atoms with Gasteiger partial charge in [0.25, 0.3) is 5.91 Å². The van der Waals surface area contributed by atoms with Gasteiger partial charge in [0.05, 0.1) is 14.2 Å². The van der Waals surface area contributed by atoms with E-state index in [2.05, 4.69) is 20.4 Å². The van der Waals surface area contributed by atoms with Crippen LogP contribution in [-0.2, 0) is 20.7 Å². The number of nitrogens with one attached hydrogen (secondary N) is 2. The van der Waals surface area contributed by atoms with Crippen LogP contribution in [0, 0.1) is 5.82 Å². The number of amides is 4. The molecule has 3 aromatic rings. The van der Waals surface area contributed by atoms with Crippen LogP contribution in [0.3, 0.4) is 0 Å². The summed E-state index contributed by atoms with van der Waals surface area (Å²) >= 11 is 0.983. The van der Waals surface area contributed by atoms with E-state index in [0.717, 1.165) is 22.3 Å². The number of rotatable bonds is 8. The van der Waals surface area contributed by atoms with Gasteiger partial charge in [-0.05, 0) is 17.7 Å². The van der Waals surface area contributed by atoms with E-state index in [1.54, 1.807) is 30.3 Å². The largest absolute Gasteiger partial charge is 0.497 e. The zero-order chi connectivity index (χ0) is 25.8. The summed E-state index contributed by atoms with van der Waals surface area (Å²) < 4.78 is 24.3. The quantitative estimate of drug-likeness (QED) is 0.351. The Balaban J connectivity index is 1.63. The van der Waals surface area contributed by atoms with E-state index in [-0.39, 0.29) is 28.6 Å². The molecule has 0 saturated carbocycles. The molecule has 0 bridgehead atoms. The molecule has 4 rings (SSSR count). The van der Waals surface area contributed by atoms with E-state index in [1.165, 1.54) is 31.7 Å². The van der Waals surface area contributed by atoms with Crippen molar-refractivity contribution in [1.82, 2.24) is 15.2 Å². The van der Waals surface area contributed by atoms with Crippen molar-refractivity contribution >= 4 is 40.3 Å². The number of carbonyl (C=O) groups is 4. The highest BCUT2D eigenvalue weighted by atomic mass is 32.1. The maximum Gasteiger partial charge on any atom is 0.357 e. The Morgan fingerprint density at radius 2 is 1.94 bits per heavy atom. The highest BCUT2D eigenvalue weighted by molar-refractivity contribution is 7.14. The summed E-state index contributed by atoms with van der Waals surface area (Å²) in [4.78, 5) is 56.0. The van der Waals surface area contributed by atoms with Crippen LogP contribution >= 0.6 is 11.3 Å². The summed E-state index contributed by atoms with van der Waals surface area (Å²) in [6.45, 7) is 0. The lowest BCUT2D eigenvalue weighted by molar-refractivity contribution is -0.134. The minimum absolute atomic E-state index is 0.00111. The zero-order valence-electron chi connectivity index (χ0n) is 19.2. The average molecular weight is 513 g/mol. The van der Waals surface area contributed by atoms with Crippen LogP contribution < -0.4 is 15.4 Å². The smallest absolute Gasteiger partial charge is 0.357 e. The van der Waals surface area contributed by atoms with Gasteiger partial charge in [0, 0.05) is 23.4 Å². The molecule has 0 aliphatic carbocycles. The lowest BCUT2D eigenvalue weighted by Gasteiger charge is -2.24. The summed E-state index contributed by atoms with van der Waals surface area (Å²) in [7, 11) is 2.58. The molecule has 36 heavy (non-hydrogen) atoms. The molecule has 4 amide bonds. The van der Waals surface area contributed by atoms with E-state index < -0.39 is 41.7 Å². The fourth-order valence-corrected chi connectivity index (χ4v) is 4.41. The van der Waals surface area contributed by atoms with Crippen LogP contribution in [0.5, 0.6) is 5.75 Å². The fraction of sp³-hybridized carbons (Fsp3) is 0.208. The molecule has 12 heteroatoms. The van der Waals surface area contributed by atoms with Crippen molar-refractivity contribution in [2.75, 3.05) is 19.5 Å². The number of hydrogen-bond acceptors (Lipinski definition) is 8. The van der Waals surface area contributed by atoms with Crippen molar-refractivity contribution in [3.05, 3.63) is 76.5 Å². The monoisotopic (exact) mass is 512 g/mol. The Bertz CT molecular complexity index is 1310. The number of hydrogen-bond donors (Lipinski definition) is 2. The minimum Gasteiger partial charge on any atom is -0.497 e. The van der Waals surface area contributed by atoms with Crippen LogP contribution in [-0.4, -0.2) is 54.0 Å². The number of anilines is 1. The molecule has 1 aliphatic heterocycles. The number of imide groups is 1. The summed E-state index contributed by atoms with van der Waals surface area (Å²) in [5, 5.41) is 6.51. The van der Waals surface area contributed by atoms with Gasteiger partial charge in [-0.1, -0.05) is 30.3 Å². The zero-order valence-corrected chi connectivity index (χ0v) is 20.0. The summed E-state index contributed by atoms with van der Waals surface area (Å²) in [5.41, 5.74) is 0.632. The highest BCUT2D eigenvalue weighted by Gasteiger charge is 2.46. The van der Waals surface area contributed by atoms with Gasteiger partial charge in [0.15, 0.2) is 10.8 Å². The van der Waals surface area contributed by atoms with Gasteiger partial charge < -0.3 is 20.1 Å². The number of benzene rings is 2. The van der Waals surface area contributed by atoms with Gasteiger partial charge in [0.2, 0.25) is 5.91 Å². The molecule has 2 N–H and O–H groups in total. The minimum atomic E-state index is -1.32. The number of nitrogens with zero attached hydrogens (tertiary/aromatic N) is 2. The van der Waals surface area contributed by atoms with Crippen molar-refractivity contribution in [3.8, 4) is 5.75 Å². The Kier molecular flexibility index (Phi) is 7.25. The van der Waals surface area contributed by atoms with Gasteiger partial charge in [0.1, 0.15) is 23.7 Å². The van der Waals surface area contributed by atoms with Gasteiger partial charge in [-0.2, -0.15) is 0 Å². The standard InChI is InChI=1S/C24H21FN4O6S/c1-34-14-8-9-15(16(25)11-14)19-21(31)29(24(33)27-19)18(10-13-6-4-3-5-7-13)20(30)28-23-26-17(12-36-23)22(32)35-2/h3-9,11-12,18-19H,10H2,1-2H3,(H,27,33)(H,26,28,30)/t18-,19?/m0/s1. The highest BCUT2D eigenvalue weighted by Crippen LogP contribution is 2.29. The molecule has 1 saturated heterocycles. The van der Waals surface area contributed by atoms with Crippen LogP contribution in [0.4, 0.5) is 14.3 Å². The maximum atomic E-state index is 14.7. The topological polar surface area (TPSA) is 127 Å². The second-order valence-electron chi connectivity index (χ2n) is 7.70. The Labute approximate surface area is 209 Å². The molecule has 1 fully saturated rings. The van der Waals surface area contributed by atoms with E-state index >= 15 is 0 Å². The number of aromatic nitrogens is 1. The van der Waals surface area contributed by atoms with Gasteiger partial charge >= 0.3 is 12.0 Å². The summed E-state index contributed by atoms with van der Waals surface area (Å²) in [6.07, 6.45) is -0.00111. The van der Waals surface area contributed by atoms with E-state index in [9.17, 15) is 23.6 Å². The first kappa shape index (κ1) is 24.8. The molecule has 1 aliphatic rings. The Hall–Kier alpha value is -4.32. The molecule has 2 atom stereocenters. The Morgan fingerprint density at radius 3 is 2.61 bits per heavy atom. The molecule has 1 aromatic heterocycles. The molecule has 2 heterocycles. The lowest BCUT2D eigenvalue weighted by atomic mass is 10.0. The van der Waals surface area contributed by atoms with Crippen molar-refractivity contribution in [2.24, 2.45) is 0 Å². The lowest BCUT2D eigenvalue weighted by Crippen LogP contribution is -2.49. The molecule has 0 spiro atoms. The summed E-state index contributed by atoms with van der Waals surface area (Å²) in [6, 6.07) is 9.28. The van der Waals surface area contributed by atoms with E-state index in [4.69, 9.17) is 4.74 Å². The molecule has 10 nitrogen and oxygen atoms in total. The van der Waals surface area contributed by atoms with Crippen LogP contribution in [0.1, 0.15) is 27.7 Å². The van der Waals surface area contributed by atoms with Crippen LogP contribution in [0.25, 0.3) is 0 Å². The first-order valence-electron chi connectivity index (χ1n) is 10.7. The molecule has 186 valence electrons. The van der Waals surface area contributed by atoms with Gasteiger partial charge in [-0.3, -0.25) is 9.59 Å².